The summed E-state index contributed by atoms with van der Waals surface area (Å²) in [6.45, 7) is -2.17. The first-order chi connectivity index (χ1) is 5.80. The van der Waals surface area contributed by atoms with Gasteiger partial charge in [0.2, 0.25) is 0 Å². The molecule has 0 bridgehead atoms. The Morgan fingerprint density at radius 2 is 1.38 bits per heavy atom. The molecular weight excluding hydrogens is 172 g/mol. The fourth-order valence-corrected chi connectivity index (χ4v) is 0.989. The molecule has 0 aliphatic carbocycles. The molecule has 0 saturated heterocycles. The van der Waals surface area contributed by atoms with Crippen molar-refractivity contribution >= 4 is 0 Å². The maximum absolute atomic E-state index is 12.1. The van der Waals surface area contributed by atoms with Gasteiger partial charge in [-0.25, -0.2) is 13.2 Å². The average Bonchev–Trinajstić information content (AvgIpc) is 2.16. The van der Waals surface area contributed by atoms with Crippen molar-refractivity contribution < 1.29 is 32.0 Å². The van der Waals surface area contributed by atoms with Crippen LogP contribution in [0.2, 0.25) is 0 Å². The summed E-state index contributed by atoms with van der Waals surface area (Å²) >= 11 is 0. The predicted molar refractivity (Wildman–Crippen MR) is 39.7 cm³/mol. The zero-order chi connectivity index (χ0) is 8.97. The van der Waals surface area contributed by atoms with Crippen LogP contribution in [0.15, 0.2) is 12.1 Å². The second-order valence-corrected chi connectivity index (χ2v) is 2.44. The molecule has 4 heteroatoms. The summed E-state index contributed by atoms with van der Waals surface area (Å²) in [5, 5.41) is 0. The second kappa shape index (κ2) is 6.12. The largest absolute Gasteiger partial charge is 1.00 e. The number of halogens is 3. The summed E-state index contributed by atoms with van der Waals surface area (Å²) in [7, 11) is 0. The second-order valence-electron chi connectivity index (χ2n) is 2.44. The van der Waals surface area contributed by atoms with E-state index in [-0.39, 0.29) is 30.0 Å². The van der Waals surface area contributed by atoms with Gasteiger partial charge in [-0.2, -0.15) is 18.2 Å². The van der Waals surface area contributed by atoms with Crippen LogP contribution in [0, 0.1) is 6.07 Å². The van der Waals surface area contributed by atoms with Crippen LogP contribution >= 0.6 is 0 Å². The molecule has 0 atom stereocenters. The maximum Gasteiger partial charge on any atom is 1.00 e. The van der Waals surface area contributed by atoms with Crippen LogP contribution in [-0.2, 0) is 20.0 Å². The van der Waals surface area contributed by atoms with Gasteiger partial charge in [0.15, 0.2) is 0 Å². The Morgan fingerprint density at radius 1 is 0.923 bits per heavy atom. The molecule has 66 valence electrons. The van der Waals surface area contributed by atoms with E-state index in [1.54, 1.807) is 0 Å². The molecule has 0 radical (unpaired) electrons. The van der Waals surface area contributed by atoms with E-state index >= 15 is 0 Å². The topological polar surface area (TPSA) is 0 Å². The van der Waals surface area contributed by atoms with Crippen LogP contribution in [-0.4, -0.2) is 0 Å². The molecule has 1 aromatic carbocycles. The van der Waals surface area contributed by atoms with Gasteiger partial charge in [-0.15, -0.1) is 16.7 Å². The van der Waals surface area contributed by atoms with Crippen molar-refractivity contribution in [3.8, 4) is 0 Å². The Balaban J connectivity index is 0.00000144. The zero-order valence-corrected chi connectivity index (χ0v) is 7.41. The van der Waals surface area contributed by atoms with Crippen LogP contribution in [0.1, 0.15) is 16.7 Å². The minimum atomic E-state index is -0.735. The van der Waals surface area contributed by atoms with E-state index < -0.39 is 20.0 Å². The fourth-order valence-electron chi connectivity index (χ4n) is 0.989. The normalized spacial score (nSPS) is 9.46. The summed E-state index contributed by atoms with van der Waals surface area (Å²) in [5.41, 5.74) is 0.713. The van der Waals surface area contributed by atoms with Gasteiger partial charge in [0.25, 0.3) is 0 Å². The first-order valence-electron chi connectivity index (χ1n) is 3.52. The van der Waals surface area contributed by atoms with Gasteiger partial charge >= 0.3 is 18.9 Å². The van der Waals surface area contributed by atoms with E-state index in [2.05, 4.69) is 6.07 Å². The van der Waals surface area contributed by atoms with Crippen molar-refractivity contribution in [2.24, 2.45) is 0 Å². The van der Waals surface area contributed by atoms with Crippen LogP contribution in [0.3, 0.4) is 0 Å². The van der Waals surface area contributed by atoms with Gasteiger partial charge in [-0.05, 0) is 0 Å². The van der Waals surface area contributed by atoms with E-state index in [1.807, 2.05) is 0 Å². The standard InChI is InChI=1S/C9H8F3.Li/c10-4-7-1-8(5-11)3-9(2-7)6-12;/h1-2H,4-6H2;/q-1;+1. The molecular formula is C9H8F3Li. The van der Waals surface area contributed by atoms with Gasteiger partial charge in [0.05, 0.1) is 20.0 Å². The van der Waals surface area contributed by atoms with E-state index in [9.17, 15) is 13.2 Å². The SMILES string of the molecule is FCc1[c-]c(CF)cc(CF)c1.[Li+]. The van der Waals surface area contributed by atoms with Crippen molar-refractivity contribution in [3.63, 3.8) is 0 Å². The Labute approximate surface area is 87.3 Å². The third kappa shape index (κ3) is 3.46. The first kappa shape index (κ1) is 12.6. The van der Waals surface area contributed by atoms with E-state index in [0.29, 0.717) is 5.56 Å². The molecule has 0 nitrogen and oxygen atoms in total. The molecule has 0 aliphatic heterocycles. The summed E-state index contributed by atoms with van der Waals surface area (Å²) < 4.78 is 36.3. The van der Waals surface area contributed by atoms with Crippen molar-refractivity contribution in [1.29, 1.82) is 0 Å². The van der Waals surface area contributed by atoms with Crippen molar-refractivity contribution in [3.05, 3.63) is 34.9 Å². The molecule has 0 amide bonds. The molecule has 0 aliphatic rings. The molecule has 0 unspecified atom stereocenters. The molecule has 0 saturated carbocycles. The molecule has 1 aromatic rings. The Kier molecular flexibility index (Phi) is 5.94. The fraction of sp³-hybridized carbons (Fsp3) is 0.333. The van der Waals surface area contributed by atoms with Gasteiger partial charge in [-0.1, -0.05) is 0 Å². The maximum atomic E-state index is 12.1. The number of alkyl halides is 3. The quantitative estimate of drug-likeness (QED) is 0.450. The van der Waals surface area contributed by atoms with Gasteiger partial charge < -0.3 is 0 Å². The Morgan fingerprint density at radius 3 is 1.69 bits per heavy atom. The summed E-state index contributed by atoms with van der Waals surface area (Å²) in [6.07, 6.45) is 0. The van der Waals surface area contributed by atoms with E-state index in [1.165, 1.54) is 12.1 Å². The van der Waals surface area contributed by atoms with Crippen molar-refractivity contribution in [2.75, 3.05) is 0 Å². The third-order valence-electron chi connectivity index (χ3n) is 1.48. The smallest absolute Gasteiger partial charge is 0.248 e. The molecule has 0 spiro atoms. The number of benzene rings is 1. The van der Waals surface area contributed by atoms with Crippen LogP contribution < -0.4 is 18.9 Å². The first-order valence-corrected chi connectivity index (χ1v) is 3.52. The average molecular weight is 180 g/mol. The van der Waals surface area contributed by atoms with Crippen LogP contribution in [0.4, 0.5) is 13.2 Å². The van der Waals surface area contributed by atoms with Crippen LogP contribution in [0.5, 0.6) is 0 Å². The van der Waals surface area contributed by atoms with Crippen molar-refractivity contribution in [2.45, 2.75) is 20.0 Å². The zero-order valence-electron chi connectivity index (χ0n) is 7.41. The molecule has 0 heterocycles. The molecule has 0 fully saturated rings. The van der Waals surface area contributed by atoms with Crippen LogP contribution in [0.25, 0.3) is 0 Å². The van der Waals surface area contributed by atoms with Gasteiger partial charge in [0, 0.05) is 0 Å². The van der Waals surface area contributed by atoms with Gasteiger partial charge in [-0.3, -0.25) is 0 Å². The van der Waals surface area contributed by atoms with Gasteiger partial charge in [0.1, 0.15) is 0 Å². The third-order valence-corrected chi connectivity index (χ3v) is 1.48. The number of rotatable bonds is 3. The molecule has 1 rings (SSSR count). The minimum absolute atomic E-state index is 0. The summed E-state index contributed by atoms with van der Waals surface area (Å²) in [4.78, 5) is 0. The number of hydrogen-bond acceptors (Lipinski definition) is 0. The number of hydrogen-bond donors (Lipinski definition) is 0. The Hall–Kier alpha value is -0.393. The van der Waals surface area contributed by atoms with E-state index in [0.717, 1.165) is 0 Å². The summed E-state index contributed by atoms with van der Waals surface area (Å²) in [6, 6.07) is 5.19. The van der Waals surface area contributed by atoms with Crippen molar-refractivity contribution in [1.82, 2.24) is 0 Å². The predicted octanol–water partition coefficient (Wildman–Crippen LogP) is -0.101. The molecule has 0 aromatic heterocycles. The molecule has 13 heavy (non-hydrogen) atoms. The summed E-state index contributed by atoms with van der Waals surface area (Å²) in [5.74, 6) is 0. The van der Waals surface area contributed by atoms with E-state index in [4.69, 9.17) is 0 Å². The minimum Gasteiger partial charge on any atom is -0.248 e. The molecule has 0 N–H and O–H groups in total. The Bertz CT molecular complexity index is 208. The monoisotopic (exact) mass is 180 g/mol.